The van der Waals surface area contributed by atoms with Gasteiger partial charge in [-0.15, -0.1) is 0 Å². The minimum Gasteiger partial charge on any atom is -0.339 e. The molecular weight excluding hydrogens is 248 g/mol. The van der Waals surface area contributed by atoms with Gasteiger partial charge < -0.3 is 10.2 Å². The molecule has 1 N–H and O–H groups in total. The van der Waals surface area contributed by atoms with Gasteiger partial charge in [0.25, 0.3) is 0 Å². The third-order valence-corrected chi connectivity index (χ3v) is 6.07. The van der Waals surface area contributed by atoms with Crippen LogP contribution in [0.4, 0.5) is 0 Å². The molecule has 3 nitrogen and oxygen atoms in total. The van der Waals surface area contributed by atoms with Gasteiger partial charge in [0.05, 0.1) is 0 Å². The number of hydrogen-bond acceptors (Lipinski definition) is 2. The second kappa shape index (κ2) is 5.32. The quantitative estimate of drug-likeness (QED) is 0.855. The average molecular weight is 276 g/mol. The van der Waals surface area contributed by atoms with Crippen LogP contribution in [0.2, 0.25) is 0 Å². The van der Waals surface area contributed by atoms with Crippen LogP contribution in [0.1, 0.15) is 51.4 Å². The van der Waals surface area contributed by atoms with Gasteiger partial charge in [0.15, 0.2) is 0 Å². The summed E-state index contributed by atoms with van der Waals surface area (Å²) >= 11 is 0. The van der Waals surface area contributed by atoms with E-state index in [9.17, 15) is 4.79 Å². The van der Waals surface area contributed by atoms with Crippen LogP contribution >= 0.6 is 0 Å². The molecule has 4 aliphatic rings. The van der Waals surface area contributed by atoms with E-state index in [1.807, 2.05) is 0 Å². The molecule has 0 aromatic rings. The summed E-state index contributed by atoms with van der Waals surface area (Å²) in [7, 11) is 0. The van der Waals surface area contributed by atoms with Gasteiger partial charge in [-0.3, -0.25) is 4.79 Å². The van der Waals surface area contributed by atoms with Gasteiger partial charge in [-0.2, -0.15) is 0 Å². The molecule has 3 aliphatic carbocycles. The Kier molecular flexibility index (Phi) is 3.49. The Morgan fingerprint density at radius 2 is 1.75 bits per heavy atom. The largest absolute Gasteiger partial charge is 0.339 e. The summed E-state index contributed by atoms with van der Waals surface area (Å²) in [5.41, 5.74) is 0. The SMILES string of the molecule is O=C(C1C2CCCCC21)N(CC1CCCNC1)C1CC1. The topological polar surface area (TPSA) is 32.3 Å². The highest BCUT2D eigenvalue weighted by molar-refractivity contribution is 5.83. The minimum absolute atomic E-state index is 0.426. The third-order valence-electron chi connectivity index (χ3n) is 6.07. The fourth-order valence-corrected chi connectivity index (χ4v) is 4.71. The van der Waals surface area contributed by atoms with Crippen LogP contribution < -0.4 is 5.32 Å². The first-order valence-corrected chi connectivity index (χ1v) is 8.86. The Hall–Kier alpha value is -0.570. The summed E-state index contributed by atoms with van der Waals surface area (Å²) in [5.74, 6) is 3.20. The summed E-state index contributed by atoms with van der Waals surface area (Å²) in [4.78, 5) is 15.2. The standard InChI is InChI=1S/C17H28N2O/c20-17(16-14-5-1-2-6-15(14)16)19(13-7-8-13)11-12-4-3-9-18-10-12/h12-16,18H,1-11H2. The zero-order valence-corrected chi connectivity index (χ0v) is 12.5. The number of amides is 1. The van der Waals surface area contributed by atoms with Crippen molar-refractivity contribution in [2.75, 3.05) is 19.6 Å². The Bertz CT molecular complexity index is 361. The normalized spacial score (nSPS) is 40.0. The summed E-state index contributed by atoms with van der Waals surface area (Å²) < 4.78 is 0. The Morgan fingerprint density at radius 1 is 1.00 bits per heavy atom. The van der Waals surface area contributed by atoms with Gasteiger partial charge >= 0.3 is 0 Å². The van der Waals surface area contributed by atoms with Crippen molar-refractivity contribution >= 4 is 5.91 Å². The molecule has 20 heavy (non-hydrogen) atoms. The second-order valence-electron chi connectivity index (χ2n) is 7.57. The van der Waals surface area contributed by atoms with E-state index in [-0.39, 0.29) is 0 Å². The van der Waals surface area contributed by atoms with E-state index in [0.29, 0.717) is 23.8 Å². The van der Waals surface area contributed by atoms with E-state index >= 15 is 0 Å². The van der Waals surface area contributed by atoms with Gasteiger partial charge in [-0.25, -0.2) is 0 Å². The summed E-state index contributed by atoms with van der Waals surface area (Å²) in [6.45, 7) is 3.32. The maximum Gasteiger partial charge on any atom is 0.226 e. The molecule has 3 atom stereocenters. The van der Waals surface area contributed by atoms with Gasteiger partial charge in [0.2, 0.25) is 5.91 Å². The van der Waals surface area contributed by atoms with Crippen molar-refractivity contribution in [2.24, 2.45) is 23.7 Å². The van der Waals surface area contributed by atoms with Crippen LogP contribution in [0.25, 0.3) is 0 Å². The first-order valence-electron chi connectivity index (χ1n) is 8.86. The van der Waals surface area contributed by atoms with Crippen molar-refractivity contribution in [3.63, 3.8) is 0 Å². The maximum atomic E-state index is 12.9. The lowest BCUT2D eigenvalue weighted by Gasteiger charge is -2.30. The monoisotopic (exact) mass is 276 g/mol. The number of nitrogens with one attached hydrogen (secondary N) is 1. The molecule has 1 heterocycles. The molecule has 4 rings (SSSR count). The fraction of sp³-hybridized carbons (Fsp3) is 0.941. The summed E-state index contributed by atoms with van der Waals surface area (Å²) in [6.07, 6.45) is 10.5. The molecule has 1 amide bonds. The van der Waals surface area contributed by atoms with E-state index in [1.54, 1.807) is 0 Å². The van der Waals surface area contributed by atoms with E-state index in [0.717, 1.165) is 24.9 Å². The number of piperidine rings is 1. The first-order chi connectivity index (χ1) is 9.84. The highest BCUT2D eigenvalue weighted by Gasteiger charge is 2.56. The van der Waals surface area contributed by atoms with Crippen molar-refractivity contribution < 1.29 is 4.79 Å². The smallest absolute Gasteiger partial charge is 0.226 e. The molecule has 4 fully saturated rings. The Morgan fingerprint density at radius 3 is 2.35 bits per heavy atom. The Labute approximate surface area is 122 Å². The molecule has 0 aromatic carbocycles. The van der Waals surface area contributed by atoms with E-state index < -0.39 is 0 Å². The Balaban J connectivity index is 1.39. The molecule has 112 valence electrons. The summed E-state index contributed by atoms with van der Waals surface area (Å²) in [5, 5.41) is 3.50. The van der Waals surface area contributed by atoms with Crippen LogP contribution in [-0.4, -0.2) is 36.5 Å². The first kappa shape index (κ1) is 13.1. The molecule has 0 radical (unpaired) electrons. The number of rotatable bonds is 4. The molecule has 1 saturated heterocycles. The van der Waals surface area contributed by atoms with Crippen LogP contribution in [0, 0.1) is 23.7 Å². The van der Waals surface area contributed by atoms with Gasteiger partial charge in [0.1, 0.15) is 0 Å². The predicted molar refractivity (Wildman–Crippen MR) is 79.3 cm³/mol. The van der Waals surface area contributed by atoms with Crippen molar-refractivity contribution in [1.29, 1.82) is 0 Å². The molecule has 0 aromatic heterocycles. The molecule has 0 spiro atoms. The van der Waals surface area contributed by atoms with Crippen molar-refractivity contribution in [3.05, 3.63) is 0 Å². The lowest BCUT2D eigenvalue weighted by molar-refractivity contribution is -0.134. The van der Waals surface area contributed by atoms with Gasteiger partial charge in [-0.05, 0) is 69.4 Å². The minimum atomic E-state index is 0.426. The highest BCUT2D eigenvalue weighted by Crippen LogP contribution is 2.56. The van der Waals surface area contributed by atoms with Crippen molar-refractivity contribution in [3.8, 4) is 0 Å². The van der Waals surface area contributed by atoms with Crippen LogP contribution in [-0.2, 0) is 4.79 Å². The zero-order chi connectivity index (χ0) is 13.5. The summed E-state index contributed by atoms with van der Waals surface area (Å²) in [6, 6.07) is 0.604. The average Bonchev–Trinajstić information content (AvgIpc) is 3.38. The highest BCUT2D eigenvalue weighted by atomic mass is 16.2. The lowest BCUT2D eigenvalue weighted by atomic mass is 9.98. The van der Waals surface area contributed by atoms with Gasteiger partial charge in [-0.1, -0.05) is 12.8 Å². The van der Waals surface area contributed by atoms with E-state index in [1.165, 1.54) is 57.9 Å². The molecular formula is C17H28N2O. The van der Waals surface area contributed by atoms with Crippen LogP contribution in [0.5, 0.6) is 0 Å². The second-order valence-corrected chi connectivity index (χ2v) is 7.57. The molecule has 3 saturated carbocycles. The van der Waals surface area contributed by atoms with E-state index in [2.05, 4.69) is 10.2 Å². The predicted octanol–water partition coefficient (Wildman–Crippen LogP) is 2.41. The number of carbonyl (C=O) groups is 1. The zero-order valence-electron chi connectivity index (χ0n) is 12.5. The number of carbonyl (C=O) groups excluding carboxylic acids is 1. The van der Waals surface area contributed by atoms with Crippen LogP contribution in [0.3, 0.4) is 0 Å². The lowest BCUT2D eigenvalue weighted by Crippen LogP contribution is -2.43. The molecule has 0 bridgehead atoms. The third kappa shape index (κ3) is 2.49. The molecule has 3 heteroatoms. The maximum absolute atomic E-state index is 12.9. The molecule has 3 unspecified atom stereocenters. The number of fused-ring (bicyclic) bond motifs is 1. The number of nitrogens with zero attached hydrogens (tertiary/aromatic N) is 1. The number of hydrogen-bond donors (Lipinski definition) is 1. The fourth-order valence-electron chi connectivity index (χ4n) is 4.71. The van der Waals surface area contributed by atoms with E-state index in [4.69, 9.17) is 0 Å². The molecule has 1 aliphatic heterocycles. The van der Waals surface area contributed by atoms with Gasteiger partial charge in [0, 0.05) is 18.5 Å². The van der Waals surface area contributed by atoms with Crippen molar-refractivity contribution in [1.82, 2.24) is 10.2 Å². The van der Waals surface area contributed by atoms with Crippen LogP contribution in [0.15, 0.2) is 0 Å². The van der Waals surface area contributed by atoms with Crippen molar-refractivity contribution in [2.45, 2.75) is 57.4 Å².